The van der Waals surface area contributed by atoms with Crippen molar-refractivity contribution in [3.05, 3.63) is 83.7 Å². The van der Waals surface area contributed by atoms with Crippen LogP contribution >= 0.6 is 0 Å². The number of fused-ring (bicyclic) bond motifs is 2. The van der Waals surface area contributed by atoms with Gasteiger partial charge in [0.05, 0.1) is 16.6 Å². The highest BCUT2D eigenvalue weighted by Crippen LogP contribution is 2.41. The van der Waals surface area contributed by atoms with Gasteiger partial charge in [0.25, 0.3) is 5.91 Å². The number of carbonyl (C=O) groups excluding carboxylic acids is 1. The van der Waals surface area contributed by atoms with Crippen LogP contribution in [0.25, 0.3) is 22.2 Å². The third-order valence-electron chi connectivity index (χ3n) is 7.25. The largest absolute Gasteiger partial charge is 0.399 e. The van der Waals surface area contributed by atoms with E-state index in [4.69, 9.17) is 10.7 Å². The Balaban J connectivity index is 1.45. The van der Waals surface area contributed by atoms with E-state index in [1.807, 2.05) is 54.6 Å². The van der Waals surface area contributed by atoms with Gasteiger partial charge in [0, 0.05) is 47.3 Å². The summed E-state index contributed by atoms with van der Waals surface area (Å²) < 4.78 is 0. The number of nitrogens with one attached hydrogen (secondary N) is 3. The van der Waals surface area contributed by atoms with Crippen molar-refractivity contribution in [2.45, 2.75) is 25.8 Å². The zero-order chi connectivity index (χ0) is 24.6. The van der Waals surface area contributed by atoms with Crippen LogP contribution in [0.15, 0.2) is 66.7 Å². The minimum Gasteiger partial charge on any atom is -0.399 e. The maximum atomic E-state index is 13.4. The van der Waals surface area contributed by atoms with Gasteiger partial charge >= 0.3 is 0 Å². The van der Waals surface area contributed by atoms with Crippen LogP contribution in [0.2, 0.25) is 0 Å². The van der Waals surface area contributed by atoms with Gasteiger partial charge < -0.3 is 26.3 Å². The number of nitrogens with zero attached hydrogens (tertiary/aromatic N) is 2. The molecule has 2 aliphatic rings. The maximum absolute atomic E-state index is 13.4. The molecular weight excluding hydrogens is 448 g/mol. The van der Waals surface area contributed by atoms with E-state index >= 15 is 0 Å². The Morgan fingerprint density at radius 1 is 1.08 bits per heavy atom. The van der Waals surface area contributed by atoms with Crippen molar-refractivity contribution in [2.24, 2.45) is 0 Å². The van der Waals surface area contributed by atoms with Crippen molar-refractivity contribution in [2.75, 3.05) is 36.0 Å². The predicted octanol–water partition coefficient (Wildman–Crippen LogP) is 4.95. The van der Waals surface area contributed by atoms with E-state index in [1.165, 1.54) is 0 Å². The van der Waals surface area contributed by atoms with Crippen molar-refractivity contribution in [1.82, 2.24) is 14.9 Å². The summed E-state index contributed by atoms with van der Waals surface area (Å²) in [5.74, 6) is 0.523. The highest BCUT2D eigenvalue weighted by molar-refractivity contribution is 6.38. The van der Waals surface area contributed by atoms with E-state index in [9.17, 15) is 4.79 Å². The average molecular weight is 479 g/mol. The van der Waals surface area contributed by atoms with Crippen LogP contribution < -0.4 is 16.4 Å². The molecule has 7 heteroatoms. The molecule has 182 valence electrons. The number of nitrogen functional groups attached to an aromatic ring is 1. The molecule has 0 unspecified atom stereocenters. The molecule has 3 heterocycles. The Bertz CT molecular complexity index is 1430. The van der Waals surface area contributed by atoms with Gasteiger partial charge in [-0.15, -0.1) is 0 Å². The van der Waals surface area contributed by atoms with E-state index in [0.717, 1.165) is 71.6 Å². The number of hydrogen-bond acceptors (Lipinski definition) is 5. The first-order valence-corrected chi connectivity index (χ1v) is 12.6. The number of likely N-dealkylation sites (tertiary alicyclic amines) is 1. The number of para-hydroxylation sites is 2. The predicted molar refractivity (Wildman–Crippen MR) is 147 cm³/mol. The lowest BCUT2D eigenvalue weighted by Crippen LogP contribution is -2.38. The Morgan fingerprint density at radius 2 is 1.86 bits per heavy atom. The van der Waals surface area contributed by atoms with Gasteiger partial charge in [-0.3, -0.25) is 4.79 Å². The number of amides is 1. The Labute approximate surface area is 210 Å². The van der Waals surface area contributed by atoms with Crippen molar-refractivity contribution in [3.8, 4) is 0 Å². The fourth-order valence-corrected chi connectivity index (χ4v) is 5.25. The molecule has 0 aliphatic carbocycles. The molecule has 6 rings (SSSR count). The summed E-state index contributed by atoms with van der Waals surface area (Å²) in [6.07, 6.45) is 2.22. The fraction of sp³-hybridized carbons (Fsp3) is 0.241. The summed E-state index contributed by atoms with van der Waals surface area (Å²) in [4.78, 5) is 24.2. The van der Waals surface area contributed by atoms with Crippen LogP contribution in [0.4, 0.5) is 17.1 Å². The number of piperidine rings is 1. The second-order valence-electron chi connectivity index (χ2n) is 9.54. The number of nitrogens with two attached hydrogens (primary N) is 1. The second kappa shape index (κ2) is 9.17. The SMILES string of the molecule is CCN1CCC(Nc2ccc3c(c2)C(=C(c2ccc(N)cc2)c2nc4ccccc4[nH]2)C(=O)N3)CC1. The van der Waals surface area contributed by atoms with Gasteiger partial charge in [-0.25, -0.2) is 4.98 Å². The number of benzene rings is 3. The fourth-order valence-electron chi connectivity index (χ4n) is 5.25. The molecule has 0 bridgehead atoms. The average Bonchev–Trinajstić information content (AvgIpc) is 3.46. The number of H-pyrrole nitrogens is 1. The number of aromatic amines is 1. The van der Waals surface area contributed by atoms with Gasteiger partial charge in [-0.05, 0) is 67.4 Å². The molecule has 1 amide bonds. The molecule has 3 aromatic carbocycles. The lowest BCUT2D eigenvalue weighted by atomic mass is 9.94. The molecule has 4 aromatic rings. The minimum absolute atomic E-state index is 0.134. The van der Waals surface area contributed by atoms with Crippen LogP contribution in [0, 0.1) is 0 Å². The van der Waals surface area contributed by atoms with E-state index in [0.29, 0.717) is 23.1 Å². The Hall–Kier alpha value is -4.10. The van der Waals surface area contributed by atoms with Gasteiger partial charge in [0.2, 0.25) is 0 Å². The number of aromatic nitrogens is 2. The van der Waals surface area contributed by atoms with E-state index in [2.05, 4.69) is 39.6 Å². The number of anilines is 3. The summed E-state index contributed by atoms with van der Waals surface area (Å²) in [5, 5.41) is 6.77. The van der Waals surface area contributed by atoms with Gasteiger partial charge in [-0.2, -0.15) is 0 Å². The highest BCUT2D eigenvalue weighted by Gasteiger charge is 2.30. The molecule has 36 heavy (non-hydrogen) atoms. The first-order chi connectivity index (χ1) is 17.6. The highest BCUT2D eigenvalue weighted by atomic mass is 16.2. The quantitative estimate of drug-likeness (QED) is 0.240. The van der Waals surface area contributed by atoms with Gasteiger partial charge in [0.15, 0.2) is 0 Å². The van der Waals surface area contributed by atoms with E-state index < -0.39 is 0 Å². The van der Waals surface area contributed by atoms with Crippen LogP contribution in [-0.2, 0) is 4.79 Å². The lowest BCUT2D eigenvalue weighted by molar-refractivity contribution is -0.110. The Kier molecular flexibility index (Phi) is 5.70. The Morgan fingerprint density at radius 3 is 2.61 bits per heavy atom. The van der Waals surface area contributed by atoms with Gasteiger partial charge in [-0.1, -0.05) is 31.2 Å². The topological polar surface area (TPSA) is 99.1 Å². The summed E-state index contributed by atoms with van der Waals surface area (Å²) in [6, 6.07) is 22.1. The monoisotopic (exact) mass is 478 g/mol. The summed E-state index contributed by atoms with van der Waals surface area (Å²) in [5.41, 5.74) is 13.4. The second-order valence-corrected chi connectivity index (χ2v) is 9.54. The van der Waals surface area contributed by atoms with Crippen molar-refractivity contribution in [3.63, 3.8) is 0 Å². The molecule has 1 saturated heterocycles. The van der Waals surface area contributed by atoms with Crippen molar-refractivity contribution < 1.29 is 4.79 Å². The molecule has 5 N–H and O–H groups in total. The van der Waals surface area contributed by atoms with E-state index in [1.54, 1.807) is 0 Å². The molecule has 0 spiro atoms. The standard InChI is InChI=1S/C29H30N6O/c1-2-35-15-13-20(14-16-35)31-21-11-12-23-22(17-21)27(29(36)34-23)26(18-7-9-19(30)10-8-18)28-32-24-5-3-4-6-25(24)33-28/h3-12,17,20,31H,2,13-16,30H2,1H3,(H,32,33)(H,34,36). The first-order valence-electron chi connectivity index (χ1n) is 12.6. The lowest BCUT2D eigenvalue weighted by Gasteiger charge is -2.32. The van der Waals surface area contributed by atoms with Crippen LogP contribution in [-0.4, -0.2) is 46.5 Å². The number of hydrogen-bond donors (Lipinski definition) is 4. The molecular formula is C29H30N6O. The minimum atomic E-state index is -0.134. The van der Waals surface area contributed by atoms with Gasteiger partial charge in [0.1, 0.15) is 5.82 Å². The number of carbonyl (C=O) groups is 1. The third-order valence-corrected chi connectivity index (χ3v) is 7.25. The molecule has 2 aliphatic heterocycles. The first kappa shape index (κ1) is 22.4. The summed E-state index contributed by atoms with van der Waals surface area (Å²) >= 11 is 0. The normalized spacial score (nSPS) is 17.8. The molecule has 7 nitrogen and oxygen atoms in total. The number of imidazole rings is 1. The van der Waals surface area contributed by atoms with Crippen LogP contribution in [0.5, 0.6) is 0 Å². The summed E-state index contributed by atoms with van der Waals surface area (Å²) in [7, 11) is 0. The molecule has 0 radical (unpaired) electrons. The zero-order valence-electron chi connectivity index (χ0n) is 20.3. The van der Waals surface area contributed by atoms with Crippen molar-refractivity contribution in [1.29, 1.82) is 0 Å². The maximum Gasteiger partial charge on any atom is 0.257 e. The molecule has 0 saturated carbocycles. The van der Waals surface area contributed by atoms with E-state index in [-0.39, 0.29) is 5.91 Å². The third kappa shape index (κ3) is 4.12. The van der Waals surface area contributed by atoms with Crippen LogP contribution in [0.1, 0.15) is 36.7 Å². The molecule has 1 aromatic heterocycles. The van der Waals surface area contributed by atoms with Crippen LogP contribution in [0.3, 0.4) is 0 Å². The number of rotatable bonds is 5. The summed E-state index contributed by atoms with van der Waals surface area (Å²) in [6.45, 7) is 5.53. The molecule has 0 atom stereocenters. The smallest absolute Gasteiger partial charge is 0.257 e. The van der Waals surface area contributed by atoms with Crippen molar-refractivity contribution >= 4 is 45.1 Å². The zero-order valence-corrected chi connectivity index (χ0v) is 20.3. The molecule has 1 fully saturated rings.